The van der Waals surface area contributed by atoms with Crippen molar-refractivity contribution >= 4 is 23.4 Å². The first-order valence-electron chi connectivity index (χ1n) is 7.09. The van der Waals surface area contributed by atoms with Crippen molar-refractivity contribution in [1.82, 2.24) is 10.2 Å². The van der Waals surface area contributed by atoms with Gasteiger partial charge in [0.05, 0.1) is 0 Å². The van der Waals surface area contributed by atoms with Crippen molar-refractivity contribution in [2.75, 3.05) is 25.0 Å². The van der Waals surface area contributed by atoms with Gasteiger partial charge in [0.2, 0.25) is 5.91 Å². The maximum Gasteiger partial charge on any atom is 0.313 e. The molecule has 21 heavy (non-hydrogen) atoms. The summed E-state index contributed by atoms with van der Waals surface area (Å²) in [6.07, 6.45) is 2.17. The van der Waals surface area contributed by atoms with Crippen molar-refractivity contribution in [2.45, 2.75) is 19.3 Å². The number of hydrogen-bond acceptors (Lipinski definition) is 3. The summed E-state index contributed by atoms with van der Waals surface area (Å²) in [5.74, 6) is -1.17. The summed E-state index contributed by atoms with van der Waals surface area (Å²) in [6.45, 7) is 1.80. The number of likely N-dealkylation sites (tertiary alicyclic amines) is 1. The zero-order chi connectivity index (χ0) is 15.1. The van der Waals surface area contributed by atoms with E-state index in [2.05, 4.69) is 10.6 Å². The smallest absolute Gasteiger partial charge is 0.313 e. The summed E-state index contributed by atoms with van der Waals surface area (Å²) in [7, 11) is 0. The van der Waals surface area contributed by atoms with Gasteiger partial charge < -0.3 is 15.5 Å². The van der Waals surface area contributed by atoms with Crippen LogP contribution in [-0.4, -0.2) is 42.3 Å². The lowest BCUT2D eigenvalue weighted by Gasteiger charge is -2.15. The Hall–Kier alpha value is -2.37. The van der Waals surface area contributed by atoms with Gasteiger partial charge in [0.25, 0.3) is 0 Å². The summed E-state index contributed by atoms with van der Waals surface area (Å²) >= 11 is 0. The molecule has 1 aliphatic rings. The Bertz CT molecular complexity index is 516. The number of rotatable bonds is 5. The highest BCUT2D eigenvalue weighted by Gasteiger charge is 2.19. The highest BCUT2D eigenvalue weighted by atomic mass is 16.2. The number of carbonyl (C=O) groups is 3. The zero-order valence-electron chi connectivity index (χ0n) is 11.8. The molecular weight excluding hydrogens is 270 g/mol. The van der Waals surface area contributed by atoms with Crippen molar-refractivity contribution in [3.8, 4) is 0 Å². The molecule has 0 spiro atoms. The Morgan fingerprint density at radius 1 is 1.14 bits per heavy atom. The molecule has 1 heterocycles. The third kappa shape index (κ3) is 4.59. The van der Waals surface area contributed by atoms with Crippen LogP contribution in [-0.2, 0) is 14.4 Å². The Morgan fingerprint density at radius 3 is 2.57 bits per heavy atom. The van der Waals surface area contributed by atoms with Crippen LogP contribution in [0.4, 0.5) is 5.69 Å². The quantitative estimate of drug-likeness (QED) is 0.620. The van der Waals surface area contributed by atoms with Crippen LogP contribution in [0.25, 0.3) is 0 Å². The fraction of sp³-hybridized carbons (Fsp3) is 0.400. The molecular formula is C15H19N3O3. The van der Waals surface area contributed by atoms with Gasteiger partial charge in [-0.05, 0) is 25.0 Å². The molecule has 2 rings (SSSR count). The largest absolute Gasteiger partial charge is 0.348 e. The summed E-state index contributed by atoms with van der Waals surface area (Å²) < 4.78 is 0. The van der Waals surface area contributed by atoms with E-state index >= 15 is 0 Å². The van der Waals surface area contributed by atoms with Crippen LogP contribution in [0.3, 0.4) is 0 Å². The molecule has 0 unspecified atom stereocenters. The monoisotopic (exact) mass is 289 g/mol. The molecule has 3 amide bonds. The van der Waals surface area contributed by atoms with E-state index in [0.717, 1.165) is 13.0 Å². The van der Waals surface area contributed by atoms with Crippen molar-refractivity contribution in [3.05, 3.63) is 30.3 Å². The van der Waals surface area contributed by atoms with Crippen molar-refractivity contribution in [2.24, 2.45) is 0 Å². The average molecular weight is 289 g/mol. The van der Waals surface area contributed by atoms with Gasteiger partial charge in [-0.2, -0.15) is 0 Å². The van der Waals surface area contributed by atoms with E-state index in [9.17, 15) is 14.4 Å². The van der Waals surface area contributed by atoms with E-state index in [4.69, 9.17) is 0 Å². The lowest BCUT2D eigenvalue weighted by molar-refractivity contribution is -0.136. The van der Waals surface area contributed by atoms with Gasteiger partial charge in [-0.3, -0.25) is 14.4 Å². The highest BCUT2D eigenvalue weighted by Crippen LogP contribution is 2.09. The topological polar surface area (TPSA) is 78.5 Å². The Morgan fingerprint density at radius 2 is 1.90 bits per heavy atom. The van der Waals surface area contributed by atoms with E-state index in [0.29, 0.717) is 31.6 Å². The van der Waals surface area contributed by atoms with E-state index < -0.39 is 11.8 Å². The molecule has 0 aromatic heterocycles. The number of amides is 3. The minimum atomic E-state index is -0.682. The van der Waals surface area contributed by atoms with Gasteiger partial charge in [-0.15, -0.1) is 0 Å². The molecule has 0 atom stereocenters. The molecule has 1 fully saturated rings. The van der Waals surface area contributed by atoms with Crippen LogP contribution in [0.15, 0.2) is 30.3 Å². The van der Waals surface area contributed by atoms with E-state index in [1.165, 1.54) is 0 Å². The number of carbonyl (C=O) groups excluding carboxylic acids is 3. The second-order valence-corrected chi connectivity index (χ2v) is 4.91. The lowest BCUT2D eigenvalue weighted by atomic mass is 10.3. The normalized spacial score (nSPS) is 14.1. The van der Waals surface area contributed by atoms with Gasteiger partial charge in [0, 0.05) is 31.7 Å². The minimum absolute atomic E-state index is 0.170. The Kier molecular flexibility index (Phi) is 5.31. The number of nitrogens with zero attached hydrogens (tertiary/aromatic N) is 1. The van der Waals surface area contributed by atoms with Crippen molar-refractivity contribution in [3.63, 3.8) is 0 Å². The minimum Gasteiger partial charge on any atom is -0.348 e. The van der Waals surface area contributed by atoms with Gasteiger partial charge in [0.1, 0.15) is 0 Å². The molecule has 1 saturated heterocycles. The summed E-state index contributed by atoms with van der Waals surface area (Å²) in [5, 5.41) is 5.07. The number of anilines is 1. The second kappa shape index (κ2) is 7.42. The molecule has 6 nitrogen and oxygen atoms in total. The van der Waals surface area contributed by atoms with Crippen LogP contribution < -0.4 is 10.6 Å². The summed E-state index contributed by atoms with van der Waals surface area (Å²) in [6, 6.07) is 8.81. The third-order valence-electron chi connectivity index (χ3n) is 3.30. The molecule has 6 heteroatoms. The van der Waals surface area contributed by atoms with Crippen LogP contribution in [0.1, 0.15) is 19.3 Å². The number of hydrogen-bond donors (Lipinski definition) is 2. The first kappa shape index (κ1) is 15.0. The summed E-state index contributed by atoms with van der Waals surface area (Å²) in [4.78, 5) is 36.4. The summed E-state index contributed by atoms with van der Waals surface area (Å²) in [5.41, 5.74) is 0.584. The number of nitrogens with one attached hydrogen (secondary N) is 2. The average Bonchev–Trinajstić information content (AvgIpc) is 2.90. The second-order valence-electron chi connectivity index (χ2n) is 4.91. The molecule has 1 aromatic carbocycles. The van der Waals surface area contributed by atoms with Crippen LogP contribution >= 0.6 is 0 Å². The predicted octanol–water partition coefficient (Wildman–Crippen LogP) is 0.754. The van der Waals surface area contributed by atoms with Crippen molar-refractivity contribution < 1.29 is 14.4 Å². The molecule has 0 aliphatic carbocycles. The molecule has 112 valence electrons. The van der Waals surface area contributed by atoms with Gasteiger partial charge in [0.15, 0.2) is 0 Å². The van der Waals surface area contributed by atoms with E-state index in [1.807, 2.05) is 6.07 Å². The molecule has 1 aromatic rings. The standard InChI is InChI=1S/C15H19N3O3/c19-13-8-4-10-18(13)11-5-9-16-14(20)15(21)17-12-6-2-1-3-7-12/h1-3,6-7H,4-5,8-11H2,(H,16,20)(H,17,21). The maximum atomic E-state index is 11.6. The van der Waals surface area contributed by atoms with E-state index in [-0.39, 0.29) is 5.91 Å². The van der Waals surface area contributed by atoms with E-state index in [1.54, 1.807) is 29.2 Å². The number of benzene rings is 1. The zero-order valence-corrected chi connectivity index (χ0v) is 11.8. The van der Waals surface area contributed by atoms with Crippen LogP contribution in [0, 0.1) is 0 Å². The number of para-hydroxylation sites is 1. The van der Waals surface area contributed by atoms with Gasteiger partial charge in [-0.1, -0.05) is 18.2 Å². The first-order valence-corrected chi connectivity index (χ1v) is 7.09. The molecule has 0 radical (unpaired) electrons. The molecule has 2 N–H and O–H groups in total. The fourth-order valence-corrected chi connectivity index (χ4v) is 2.20. The highest BCUT2D eigenvalue weighted by molar-refractivity contribution is 6.39. The first-order chi connectivity index (χ1) is 10.2. The Labute approximate surface area is 123 Å². The molecule has 0 bridgehead atoms. The lowest BCUT2D eigenvalue weighted by Crippen LogP contribution is -2.37. The maximum absolute atomic E-state index is 11.6. The molecule has 0 saturated carbocycles. The fourth-order valence-electron chi connectivity index (χ4n) is 2.20. The predicted molar refractivity (Wildman–Crippen MR) is 78.5 cm³/mol. The SMILES string of the molecule is O=C(NCCCN1CCCC1=O)C(=O)Nc1ccccc1. The molecule has 1 aliphatic heterocycles. The Balaban J connectivity index is 1.65. The third-order valence-corrected chi connectivity index (χ3v) is 3.30. The van der Waals surface area contributed by atoms with Crippen LogP contribution in [0.2, 0.25) is 0 Å². The van der Waals surface area contributed by atoms with Crippen molar-refractivity contribution in [1.29, 1.82) is 0 Å². The van der Waals surface area contributed by atoms with Gasteiger partial charge >= 0.3 is 11.8 Å². The van der Waals surface area contributed by atoms with Gasteiger partial charge in [-0.25, -0.2) is 0 Å². The van der Waals surface area contributed by atoms with Crippen LogP contribution in [0.5, 0.6) is 0 Å².